The zero-order chi connectivity index (χ0) is 71.9. The second-order valence-electron chi connectivity index (χ2n) is 21.9. The van der Waals surface area contributed by atoms with E-state index in [1.54, 1.807) is 66.9 Å². The van der Waals surface area contributed by atoms with Gasteiger partial charge >= 0.3 is 17.9 Å². The minimum Gasteiger partial charge on any atom is -0.486 e. The summed E-state index contributed by atoms with van der Waals surface area (Å²) in [7, 11) is 1.31. The van der Waals surface area contributed by atoms with Crippen molar-refractivity contribution in [2.45, 2.75) is 47.8 Å². The standard InChI is InChI=1S/C27H24BrNO4S.C27H25NO4S.C14H11BrO.C12H15NO4S/c1-3-31-25(30)17-33-23-14-13-22(15-18(23)2)32-16-24-29-26(27(28)34-24)21-11-9-20(10-12-21)19-7-5-4-6-8-19;1-3-30-27(29)17-32-25-14-13-23(15-19(25)2)31-16-26-28-24(18-33-26)22-11-9-21(10-12-22)20-7-5-4-6-8-20;15-10-14(16)13-8-6-12(7-9-13)11-4-2-1-3-5-11;1-8-5-9(16-6-11(13)18)3-4-10(8)17-7-12(14)15-2/h4-15H,3,16-17H2,1-2H3;4-15,18H,3,16-17H2,1-2H3;1-9H,10H2;3-5H,6-7H2,1-2H3,(H2,13,18). The summed E-state index contributed by atoms with van der Waals surface area (Å²) in [5.74, 6) is 2.84. The number of rotatable bonds is 27. The average molecular weight is 1540 g/mol. The number of alkyl halides is 1. The molecular weight excluding hydrogens is 1470 g/mol. The van der Waals surface area contributed by atoms with E-state index in [-0.39, 0.29) is 44.1 Å². The van der Waals surface area contributed by atoms with Gasteiger partial charge in [0, 0.05) is 22.1 Å². The summed E-state index contributed by atoms with van der Waals surface area (Å²) in [4.78, 5) is 55.1. The molecule has 0 bridgehead atoms. The molecule has 101 heavy (non-hydrogen) atoms. The Morgan fingerprint density at radius 3 is 1.25 bits per heavy atom. The summed E-state index contributed by atoms with van der Waals surface area (Å²) in [5, 5.41) is 4.19. The molecule has 2 N–H and O–H groups in total. The van der Waals surface area contributed by atoms with Crippen LogP contribution in [0.2, 0.25) is 0 Å². The fourth-order valence-corrected chi connectivity index (χ4v) is 12.2. The summed E-state index contributed by atoms with van der Waals surface area (Å²) in [6.45, 7) is 10.5. The third-order valence-electron chi connectivity index (χ3n) is 14.6. The van der Waals surface area contributed by atoms with Crippen LogP contribution in [0.4, 0.5) is 0 Å². The number of hydrogen-bond acceptors (Lipinski definition) is 18. The molecule has 0 unspecified atom stereocenters. The van der Waals surface area contributed by atoms with Crippen LogP contribution in [-0.2, 0) is 41.8 Å². The Hall–Kier alpha value is -10.0. The van der Waals surface area contributed by atoms with Crippen LogP contribution in [0.5, 0.6) is 34.5 Å². The number of ketones is 1. The molecule has 9 aromatic carbocycles. The number of nitrogens with two attached hydrogens (primary N) is 1. The van der Waals surface area contributed by atoms with Crippen molar-refractivity contribution in [2.24, 2.45) is 5.73 Å². The number of thiocarbonyl (C=S) groups is 1. The summed E-state index contributed by atoms with van der Waals surface area (Å²) >= 11 is 14.7. The molecule has 520 valence electrons. The quantitative estimate of drug-likeness (QED) is 0.0167. The van der Waals surface area contributed by atoms with Crippen LogP contribution in [0.3, 0.4) is 0 Å². The highest BCUT2D eigenvalue weighted by Crippen LogP contribution is 2.36. The van der Waals surface area contributed by atoms with Crippen molar-refractivity contribution in [1.82, 2.24) is 9.97 Å². The van der Waals surface area contributed by atoms with Gasteiger partial charge < -0.3 is 48.4 Å². The van der Waals surface area contributed by atoms with Crippen LogP contribution >= 0.6 is 66.8 Å². The third-order valence-corrected chi connectivity index (χ3v) is 17.7. The normalized spacial score (nSPS) is 10.4. The topological polar surface area (TPSA) is 203 Å². The van der Waals surface area contributed by atoms with Crippen LogP contribution < -0.4 is 34.2 Å². The Balaban J connectivity index is 0.000000180. The number of carbonyl (C=O) groups is 4. The first-order chi connectivity index (χ1) is 49.0. The zero-order valence-corrected chi connectivity index (χ0v) is 62.1. The van der Waals surface area contributed by atoms with E-state index in [0.29, 0.717) is 65.5 Å². The van der Waals surface area contributed by atoms with Crippen molar-refractivity contribution in [3.63, 3.8) is 0 Å². The van der Waals surface area contributed by atoms with Gasteiger partial charge in [-0.1, -0.05) is 192 Å². The number of esters is 3. The number of benzene rings is 9. The van der Waals surface area contributed by atoms with E-state index in [1.165, 1.54) is 34.9 Å². The minimum atomic E-state index is -0.428. The van der Waals surface area contributed by atoms with E-state index >= 15 is 0 Å². The number of halogens is 2. The van der Waals surface area contributed by atoms with E-state index in [0.717, 1.165) is 69.9 Å². The lowest BCUT2D eigenvalue weighted by atomic mass is 10.0. The second kappa shape index (κ2) is 40.3. The molecule has 21 heteroatoms. The largest absolute Gasteiger partial charge is 0.486 e. The van der Waals surface area contributed by atoms with Crippen molar-refractivity contribution in [3.05, 3.63) is 260 Å². The molecule has 0 aliphatic rings. The number of methoxy groups -OCH3 is 1. The lowest BCUT2D eigenvalue weighted by molar-refractivity contribution is -0.146. The number of thiazole rings is 2. The van der Waals surface area contributed by atoms with Gasteiger partial charge in [-0.25, -0.2) is 24.4 Å². The third kappa shape index (κ3) is 24.7. The first kappa shape index (κ1) is 76.7. The molecule has 0 spiro atoms. The Bertz CT molecular complexity index is 4470. The van der Waals surface area contributed by atoms with Crippen molar-refractivity contribution < 1.29 is 61.8 Å². The number of nitrogens with zero attached hydrogens (tertiary/aromatic N) is 2. The van der Waals surface area contributed by atoms with Gasteiger partial charge in [-0.3, -0.25) is 4.79 Å². The van der Waals surface area contributed by atoms with Gasteiger partial charge in [0.15, 0.2) is 25.6 Å². The predicted octanol–water partition coefficient (Wildman–Crippen LogP) is 18.5. The summed E-state index contributed by atoms with van der Waals surface area (Å²) < 4.78 is 48.8. The van der Waals surface area contributed by atoms with Crippen LogP contribution in [0.1, 0.15) is 50.9 Å². The first-order valence-electron chi connectivity index (χ1n) is 31.9. The molecule has 11 rings (SSSR count). The monoisotopic (exact) mass is 1540 g/mol. The van der Waals surface area contributed by atoms with Crippen LogP contribution in [0.25, 0.3) is 55.9 Å². The maximum atomic E-state index is 11.5. The van der Waals surface area contributed by atoms with E-state index in [1.807, 2.05) is 129 Å². The van der Waals surface area contributed by atoms with Gasteiger partial charge in [-0.2, -0.15) is 0 Å². The molecule has 2 heterocycles. The fraction of sp³-hybridized carbons (Fsp3) is 0.188. The number of hydrogen-bond donors (Lipinski definition) is 1. The van der Waals surface area contributed by atoms with Crippen molar-refractivity contribution in [2.75, 3.05) is 52.1 Å². The lowest BCUT2D eigenvalue weighted by Crippen LogP contribution is -2.17. The summed E-state index contributed by atoms with van der Waals surface area (Å²) in [6.07, 6.45) is 0. The molecule has 0 saturated carbocycles. The molecule has 0 fully saturated rings. The molecule has 11 aromatic rings. The number of aryl methyl sites for hydroxylation is 3. The van der Waals surface area contributed by atoms with E-state index in [2.05, 4.69) is 122 Å². The first-order valence-corrected chi connectivity index (χ1v) is 35.9. The van der Waals surface area contributed by atoms with Gasteiger partial charge in [0.1, 0.15) is 69.3 Å². The van der Waals surface area contributed by atoms with Gasteiger partial charge in [-0.05, 0) is 155 Å². The number of ether oxygens (including phenoxy) is 9. The molecule has 16 nitrogen and oxygen atoms in total. The van der Waals surface area contributed by atoms with Crippen LogP contribution in [0.15, 0.2) is 228 Å². The Morgan fingerprint density at radius 2 is 0.842 bits per heavy atom. The predicted molar refractivity (Wildman–Crippen MR) is 410 cm³/mol. The van der Waals surface area contributed by atoms with Crippen molar-refractivity contribution in [3.8, 4) is 90.4 Å². The Morgan fingerprint density at radius 1 is 0.455 bits per heavy atom. The van der Waals surface area contributed by atoms with Crippen LogP contribution in [-0.4, -0.2) is 90.7 Å². The second-order valence-corrected chi connectivity index (χ2v) is 26.3. The van der Waals surface area contributed by atoms with Crippen molar-refractivity contribution in [1.29, 1.82) is 0 Å². The molecule has 2 aromatic heterocycles. The maximum absolute atomic E-state index is 11.5. The fourth-order valence-electron chi connectivity index (χ4n) is 9.50. The van der Waals surface area contributed by atoms with E-state index in [9.17, 15) is 19.2 Å². The average Bonchev–Trinajstić information content (AvgIpc) is 1.71. The highest BCUT2D eigenvalue weighted by Gasteiger charge is 2.15. The Kier molecular flexibility index (Phi) is 30.6. The summed E-state index contributed by atoms with van der Waals surface area (Å²) in [6, 6.07) is 71.5. The number of aromatic nitrogens is 2. The lowest BCUT2D eigenvalue weighted by Gasteiger charge is -2.10. The van der Waals surface area contributed by atoms with E-state index < -0.39 is 5.97 Å². The molecule has 0 atom stereocenters. The molecular formula is C80H75Br2N3O13S3. The van der Waals surface area contributed by atoms with Crippen LogP contribution in [0, 0.1) is 20.8 Å². The maximum Gasteiger partial charge on any atom is 0.344 e. The van der Waals surface area contributed by atoms with Gasteiger partial charge in [0.25, 0.3) is 0 Å². The Labute approximate surface area is 618 Å². The summed E-state index contributed by atoms with van der Waals surface area (Å²) in [5.41, 5.74) is 19.7. The van der Waals surface area contributed by atoms with Gasteiger partial charge in [-0.15, -0.1) is 22.7 Å². The number of carbonyl (C=O) groups excluding carboxylic acids is 4. The molecule has 0 aliphatic carbocycles. The van der Waals surface area contributed by atoms with Gasteiger partial charge in [0.05, 0.1) is 40.8 Å². The molecule has 0 radical (unpaired) electrons. The zero-order valence-electron chi connectivity index (χ0n) is 56.5. The van der Waals surface area contributed by atoms with Crippen molar-refractivity contribution >= 4 is 95.4 Å². The highest BCUT2D eigenvalue weighted by atomic mass is 79.9. The minimum absolute atomic E-state index is 0.108. The smallest absolute Gasteiger partial charge is 0.344 e. The number of Topliss-reactive ketones (excluding diaryl/α,β-unsaturated/α-hetero) is 1. The molecule has 0 amide bonds. The molecule has 0 saturated heterocycles. The highest BCUT2D eigenvalue weighted by molar-refractivity contribution is 9.11. The SMILES string of the molecule is CCOC(=O)COc1ccc(OCc2nc(-c3ccc(-c4ccccc4)cc3)c(Br)s2)cc1C.CCOC(=O)COc1ccc(OCc2nc(-c3ccc(-c4ccccc4)cc3)cs2)cc1C.COC(=O)COc1ccc(OCC(N)=S)cc1C.O=C(CBr)c1ccc(-c2ccccc2)cc1. The van der Waals surface area contributed by atoms with Gasteiger partial charge in [0.2, 0.25) is 0 Å². The molecule has 0 aliphatic heterocycles. The van der Waals surface area contributed by atoms with E-state index in [4.69, 9.17) is 65.8 Å².